The lowest BCUT2D eigenvalue weighted by molar-refractivity contribution is -0.134. The molecule has 7 nitrogen and oxygen atoms in total. The van der Waals surface area contributed by atoms with Crippen LogP contribution in [0.15, 0.2) is 23.3 Å². The lowest BCUT2D eigenvalue weighted by Crippen LogP contribution is -2.45. The number of likely N-dealkylation sites (tertiary alicyclic amines) is 1. The van der Waals surface area contributed by atoms with Crippen molar-refractivity contribution in [3.63, 3.8) is 0 Å². The van der Waals surface area contributed by atoms with E-state index in [0.717, 1.165) is 63.3 Å². The van der Waals surface area contributed by atoms with Gasteiger partial charge in [0.05, 0.1) is 6.54 Å². The van der Waals surface area contributed by atoms with Crippen LogP contribution in [0.3, 0.4) is 0 Å². The van der Waals surface area contributed by atoms with Crippen LogP contribution in [-0.4, -0.2) is 53.5 Å². The number of carbonyl (C=O) groups is 1. The molecule has 3 aliphatic rings. The Bertz CT molecular complexity index is 756. The van der Waals surface area contributed by atoms with Crippen LogP contribution < -0.4 is 15.4 Å². The summed E-state index contributed by atoms with van der Waals surface area (Å²) in [7, 11) is 0. The van der Waals surface area contributed by atoms with E-state index in [1.807, 2.05) is 17.0 Å². The fourth-order valence-electron chi connectivity index (χ4n) is 4.98. The third kappa shape index (κ3) is 6.11. The van der Waals surface area contributed by atoms with Gasteiger partial charge < -0.3 is 20.3 Å². The summed E-state index contributed by atoms with van der Waals surface area (Å²) in [6.07, 6.45) is 12.4. The number of guanidine groups is 1. The second-order valence-corrected chi connectivity index (χ2v) is 9.12. The number of carbonyl (C=O) groups excluding carboxylic acids is 1. The Morgan fingerprint density at radius 3 is 2.74 bits per heavy atom. The van der Waals surface area contributed by atoms with Gasteiger partial charge in [-0.2, -0.15) is 0 Å². The minimum Gasteiger partial charge on any atom is -0.474 e. The molecule has 1 aromatic rings. The summed E-state index contributed by atoms with van der Waals surface area (Å²) in [5.41, 5.74) is 1.09. The summed E-state index contributed by atoms with van der Waals surface area (Å²) in [4.78, 5) is 23.9. The van der Waals surface area contributed by atoms with Crippen LogP contribution in [0, 0.1) is 5.92 Å². The van der Waals surface area contributed by atoms with Gasteiger partial charge in [0.1, 0.15) is 6.10 Å². The van der Waals surface area contributed by atoms with Crippen molar-refractivity contribution in [2.24, 2.45) is 10.9 Å². The van der Waals surface area contributed by atoms with Gasteiger partial charge in [-0.05, 0) is 63.5 Å². The van der Waals surface area contributed by atoms with Crippen LogP contribution >= 0.6 is 0 Å². The van der Waals surface area contributed by atoms with Crippen LogP contribution in [0.1, 0.15) is 70.3 Å². The normalized spacial score (nSPS) is 22.8. The molecule has 1 atom stereocenters. The molecule has 2 aliphatic carbocycles. The molecule has 2 saturated carbocycles. The van der Waals surface area contributed by atoms with E-state index in [2.05, 4.69) is 22.5 Å². The van der Waals surface area contributed by atoms with E-state index in [1.165, 1.54) is 25.7 Å². The predicted molar refractivity (Wildman–Crippen MR) is 122 cm³/mol. The Balaban J connectivity index is 1.30. The van der Waals surface area contributed by atoms with Crippen molar-refractivity contribution in [1.29, 1.82) is 0 Å². The third-order valence-electron chi connectivity index (χ3n) is 6.70. The summed E-state index contributed by atoms with van der Waals surface area (Å²) in [6, 6.07) is 4.25. The van der Waals surface area contributed by atoms with E-state index in [-0.39, 0.29) is 12.0 Å². The van der Waals surface area contributed by atoms with Crippen LogP contribution in [0.4, 0.5) is 0 Å². The molecular formula is C24H37N5O2. The molecule has 1 unspecified atom stereocenters. The van der Waals surface area contributed by atoms with Crippen molar-refractivity contribution in [3.05, 3.63) is 23.9 Å². The molecule has 2 N–H and O–H groups in total. The maximum atomic E-state index is 12.7. The minimum absolute atomic E-state index is 0.252. The molecule has 31 heavy (non-hydrogen) atoms. The lowest BCUT2D eigenvalue weighted by atomic mass is 10.1. The van der Waals surface area contributed by atoms with E-state index in [4.69, 9.17) is 9.73 Å². The number of rotatable bonds is 7. The van der Waals surface area contributed by atoms with Crippen molar-refractivity contribution < 1.29 is 9.53 Å². The quantitative estimate of drug-likeness (QED) is 0.516. The topological polar surface area (TPSA) is 78.9 Å². The molecule has 0 aromatic carbocycles. The maximum Gasteiger partial charge on any atom is 0.225 e. The summed E-state index contributed by atoms with van der Waals surface area (Å²) >= 11 is 0. The molecule has 2 heterocycles. The zero-order chi connectivity index (χ0) is 21.5. The van der Waals surface area contributed by atoms with Gasteiger partial charge in [0.25, 0.3) is 0 Å². The van der Waals surface area contributed by atoms with Crippen molar-refractivity contribution in [3.8, 4) is 5.88 Å². The average molecular weight is 428 g/mol. The molecule has 3 fully saturated rings. The molecule has 1 aromatic heterocycles. The predicted octanol–water partition coefficient (Wildman–Crippen LogP) is 3.25. The number of nitrogens with zero attached hydrogens (tertiary/aromatic N) is 3. The first kappa shape index (κ1) is 21.9. The van der Waals surface area contributed by atoms with Crippen molar-refractivity contribution in [2.45, 2.75) is 83.4 Å². The molecular weight excluding hydrogens is 390 g/mol. The second-order valence-electron chi connectivity index (χ2n) is 9.12. The first-order valence-electron chi connectivity index (χ1n) is 12.2. The lowest BCUT2D eigenvalue weighted by Gasteiger charge is -2.21. The number of aliphatic imine (C=N–C) groups is 1. The van der Waals surface area contributed by atoms with Gasteiger partial charge in [-0.1, -0.05) is 12.8 Å². The van der Waals surface area contributed by atoms with Crippen LogP contribution in [0.2, 0.25) is 0 Å². The molecule has 170 valence electrons. The maximum absolute atomic E-state index is 12.7. The van der Waals surface area contributed by atoms with Gasteiger partial charge in [-0.15, -0.1) is 0 Å². The SMILES string of the molecule is CCNC(=NCc1ccnc(OC2CCCC2)c1)NC1CCN(C(=O)C2CCCC2)C1. The van der Waals surface area contributed by atoms with E-state index in [0.29, 0.717) is 24.4 Å². The number of hydrogen-bond acceptors (Lipinski definition) is 4. The van der Waals surface area contributed by atoms with Crippen molar-refractivity contribution in [2.75, 3.05) is 19.6 Å². The number of hydrogen-bond donors (Lipinski definition) is 2. The Morgan fingerprint density at radius 1 is 1.19 bits per heavy atom. The van der Waals surface area contributed by atoms with E-state index in [1.54, 1.807) is 6.20 Å². The largest absolute Gasteiger partial charge is 0.474 e. The number of pyridine rings is 1. The highest BCUT2D eigenvalue weighted by Crippen LogP contribution is 2.28. The smallest absolute Gasteiger partial charge is 0.225 e. The molecule has 1 aliphatic heterocycles. The molecule has 0 spiro atoms. The second kappa shape index (κ2) is 10.8. The van der Waals surface area contributed by atoms with Gasteiger partial charge in [0.2, 0.25) is 11.8 Å². The van der Waals surface area contributed by atoms with E-state index >= 15 is 0 Å². The first-order valence-corrected chi connectivity index (χ1v) is 12.2. The minimum atomic E-state index is 0.252. The zero-order valence-electron chi connectivity index (χ0n) is 18.8. The summed E-state index contributed by atoms with van der Waals surface area (Å²) in [5, 5.41) is 6.87. The zero-order valence-corrected chi connectivity index (χ0v) is 18.8. The fourth-order valence-corrected chi connectivity index (χ4v) is 4.98. The van der Waals surface area contributed by atoms with Crippen LogP contribution in [-0.2, 0) is 11.3 Å². The number of ether oxygens (including phenoxy) is 1. The van der Waals surface area contributed by atoms with Gasteiger partial charge in [-0.25, -0.2) is 9.98 Å². The van der Waals surface area contributed by atoms with Gasteiger partial charge in [0, 0.05) is 43.9 Å². The highest BCUT2D eigenvalue weighted by atomic mass is 16.5. The van der Waals surface area contributed by atoms with E-state index in [9.17, 15) is 4.79 Å². The van der Waals surface area contributed by atoms with Crippen molar-refractivity contribution in [1.82, 2.24) is 20.5 Å². The van der Waals surface area contributed by atoms with Gasteiger partial charge in [0.15, 0.2) is 5.96 Å². The number of aromatic nitrogens is 1. The Labute approximate surface area is 186 Å². The molecule has 0 radical (unpaired) electrons. The highest BCUT2D eigenvalue weighted by Gasteiger charge is 2.32. The molecule has 0 bridgehead atoms. The van der Waals surface area contributed by atoms with Gasteiger partial charge in [-0.3, -0.25) is 4.79 Å². The van der Waals surface area contributed by atoms with Crippen LogP contribution in [0.5, 0.6) is 5.88 Å². The van der Waals surface area contributed by atoms with Gasteiger partial charge >= 0.3 is 0 Å². The standard InChI is InChI=1S/C24H37N5O2/c1-2-25-24(28-20-12-14-29(17-20)23(30)19-7-3-4-8-19)27-16-18-11-13-26-22(15-18)31-21-9-5-6-10-21/h11,13,15,19-21H,2-10,12,14,16-17H2,1H3,(H2,25,27,28). The Hall–Kier alpha value is -2.31. The highest BCUT2D eigenvalue weighted by molar-refractivity contribution is 5.81. The fraction of sp³-hybridized carbons (Fsp3) is 0.708. The molecule has 4 rings (SSSR count). The Morgan fingerprint density at radius 2 is 1.97 bits per heavy atom. The monoisotopic (exact) mass is 427 g/mol. The summed E-state index contributed by atoms with van der Waals surface area (Å²) < 4.78 is 6.03. The van der Waals surface area contributed by atoms with E-state index < -0.39 is 0 Å². The molecule has 1 saturated heterocycles. The van der Waals surface area contributed by atoms with Crippen LogP contribution in [0.25, 0.3) is 0 Å². The molecule has 7 heteroatoms. The summed E-state index contributed by atoms with van der Waals surface area (Å²) in [5.74, 6) is 2.12. The average Bonchev–Trinajstić information content (AvgIpc) is 3.55. The Kier molecular flexibility index (Phi) is 7.65. The number of amides is 1. The number of nitrogens with one attached hydrogen (secondary N) is 2. The third-order valence-corrected chi connectivity index (χ3v) is 6.70. The summed E-state index contributed by atoms with van der Waals surface area (Å²) in [6.45, 7) is 5.06. The first-order chi connectivity index (χ1) is 15.2. The molecule has 1 amide bonds. The van der Waals surface area contributed by atoms with Crippen molar-refractivity contribution >= 4 is 11.9 Å².